The Balaban J connectivity index is 1.97. The summed E-state index contributed by atoms with van der Waals surface area (Å²) in [6, 6.07) is 0. The lowest BCUT2D eigenvalue weighted by Crippen LogP contribution is -2.30. The molecule has 3 rings (SSSR count). The molecule has 2 aromatic heterocycles. The van der Waals surface area contributed by atoms with Crippen LogP contribution in [0.15, 0.2) is 6.33 Å². The van der Waals surface area contributed by atoms with Gasteiger partial charge in [-0.15, -0.1) is 11.3 Å². The average molecular weight is 290 g/mol. The van der Waals surface area contributed by atoms with Gasteiger partial charge in [0.2, 0.25) is 5.91 Å². The minimum absolute atomic E-state index is 0.0602. The summed E-state index contributed by atoms with van der Waals surface area (Å²) in [5.74, 6) is 1.16. The SMILES string of the molecule is CNC(=O)C1CCN(c2ncnc3sc(C)c(C)c23)C1. The second-order valence-corrected chi connectivity index (χ2v) is 6.41. The Morgan fingerprint density at radius 2 is 2.25 bits per heavy atom. The average Bonchev–Trinajstić information content (AvgIpc) is 3.04. The Kier molecular flexibility index (Phi) is 3.33. The molecule has 1 aliphatic rings. The number of aryl methyl sites for hydroxylation is 2. The summed E-state index contributed by atoms with van der Waals surface area (Å²) in [6.07, 6.45) is 2.51. The minimum Gasteiger partial charge on any atom is -0.359 e. The number of nitrogens with zero attached hydrogens (tertiary/aromatic N) is 3. The van der Waals surface area contributed by atoms with Crippen molar-refractivity contribution in [3.8, 4) is 0 Å². The molecule has 1 fully saturated rings. The number of nitrogens with one attached hydrogen (secondary N) is 1. The lowest BCUT2D eigenvalue weighted by atomic mass is 10.1. The van der Waals surface area contributed by atoms with Crippen molar-refractivity contribution in [2.24, 2.45) is 5.92 Å². The Hall–Kier alpha value is -1.69. The smallest absolute Gasteiger partial charge is 0.224 e. The van der Waals surface area contributed by atoms with Crippen molar-refractivity contribution < 1.29 is 4.79 Å². The summed E-state index contributed by atoms with van der Waals surface area (Å²) in [7, 11) is 1.69. The maximum absolute atomic E-state index is 11.8. The lowest BCUT2D eigenvalue weighted by molar-refractivity contribution is -0.123. The molecule has 2 aromatic rings. The molecule has 0 aromatic carbocycles. The summed E-state index contributed by atoms with van der Waals surface area (Å²) in [6.45, 7) is 5.84. The quantitative estimate of drug-likeness (QED) is 0.917. The molecule has 0 radical (unpaired) electrons. The van der Waals surface area contributed by atoms with Gasteiger partial charge in [0.05, 0.1) is 11.3 Å². The first-order valence-electron chi connectivity index (χ1n) is 6.79. The van der Waals surface area contributed by atoms with Gasteiger partial charge in [-0.25, -0.2) is 9.97 Å². The maximum atomic E-state index is 11.8. The zero-order valence-electron chi connectivity index (χ0n) is 11.9. The molecule has 6 heteroatoms. The van der Waals surface area contributed by atoms with Crippen molar-refractivity contribution in [2.45, 2.75) is 20.3 Å². The summed E-state index contributed by atoms with van der Waals surface area (Å²) in [5, 5.41) is 3.88. The van der Waals surface area contributed by atoms with Crippen molar-refractivity contribution in [3.05, 3.63) is 16.8 Å². The fraction of sp³-hybridized carbons (Fsp3) is 0.500. The Bertz CT molecular complexity index is 666. The molecule has 0 spiro atoms. The molecule has 106 valence electrons. The third-order valence-electron chi connectivity index (χ3n) is 4.05. The highest BCUT2D eigenvalue weighted by molar-refractivity contribution is 7.18. The summed E-state index contributed by atoms with van der Waals surface area (Å²) in [4.78, 5) is 25.1. The van der Waals surface area contributed by atoms with Crippen LogP contribution >= 0.6 is 11.3 Å². The van der Waals surface area contributed by atoms with Crippen molar-refractivity contribution >= 4 is 33.3 Å². The van der Waals surface area contributed by atoms with Gasteiger partial charge in [0, 0.05) is 25.0 Å². The number of carbonyl (C=O) groups excluding carboxylic acids is 1. The van der Waals surface area contributed by atoms with Crippen LogP contribution in [0.5, 0.6) is 0 Å². The Morgan fingerprint density at radius 3 is 3.00 bits per heavy atom. The Morgan fingerprint density at radius 1 is 1.45 bits per heavy atom. The second kappa shape index (κ2) is 5.01. The van der Waals surface area contributed by atoms with Crippen LogP contribution in [0.4, 0.5) is 5.82 Å². The van der Waals surface area contributed by atoms with E-state index < -0.39 is 0 Å². The van der Waals surface area contributed by atoms with Crippen LogP contribution < -0.4 is 10.2 Å². The van der Waals surface area contributed by atoms with Crippen LogP contribution in [-0.4, -0.2) is 36.0 Å². The second-order valence-electron chi connectivity index (χ2n) is 5.21. The van der Waals surface area contributed by atoms with Crippen LogP contribution in [0.3, 0.4) is 0 Å². The van der Waals surface area contributed by atoms with Crippen LogP contribution in [0.1, 0.15) is 16.9 Å². The van der Waals surface area contributed by atoms with E-state index in [1.165, 1.54) is 10.4 Å². The molecule has 0 aliphatic carbocycles. The Labute approximate surface area is 122 Å². The van der Waals surface area contributed by atoms with Gasteiger partial charge in [0.15, 0.2) is 0 Å². The molecule has 1 saturated heterocycles. The first-order valence-corrected chi connectivity index (χ1v) is 7.60. The lowest BCUT2D eigenvalue weighted by Gasteiger charge is -2.18. The number of hydrogen-bond donors (Lipinski definition) is 1. The molecular formula is C14H18N4OS. The number of aromatic nitrogens is 2. The molecule has 0 saturated carbocycles. The highest BCUT2D eigenvalue weighted by Gasteiger charge is 2.30. The predicted molar refractivity (Wildman–Crippen MR) is 81.3 cm³/mol. The molecule has 1 atom stereocenters. The van der Waals surface area contributed by atoms with E-state index in [1.54, 1.807) is 24.7 Å². The number of amides is 1. The van der Waals surface area contributed by atoms with Gasteiger partial charge >= 0.3 is 0 Å². The van der Waals surface area contributed by atoms with E-state index in [0.717, 1.165) is 35.5 Å². The number of anilines is 1. The normalized spacial score (nSPS) is 18.8. The molecular weight excluding hydrogens is 272 g/mol. The molecule has 0 bridgehead atoms. The zero-order chi connectivity index (χ0) is 14.3. The number of fused-ring (bicyclic) bond motifs is 1. The summed E-state index contributed by atoms with van der Waals surface area (Å²) in [5.41, 5.74) is 1.25. The van der Waals surface area contributed by atoms with Crippen LogP contribution in [0.25, 0.3) is 10.2 Å². The van der Waals surface area contributed by atoms with E-state index in [-0.39, 0.29) is 11.8 Å². The highest BCUT2D eigenvalue weighted by Crippen LogP contribution is 2.35. The zero-order valence-corrected chi connectivity index (χ0v) is 12.8. The number of hydrogen-bond acceptors (Lipinski definition) is 5. The van der Waals surface area contributed by atoms with E-state index >= 15 is 0 Å². The predicted octanol–water partition coefficient (Wildman–Crippen LogP) is 1.88. The van der Waals surface area contributed by atoms with Crippen molar-refractivity contribution in [3.63, 3.8) is 0 Å². The molecule has 20 heavy (non-hydrogen) atoms. The highest BCUT2D eigenvalue weighted by atomic mass is 32.1. The van der Waals surface area contributed by atoms with Gasteiger partial charge in [-0.3, -0.25) is 4.79 Å². The number of thiophene rings is 1. The third kappa shape index (κ3) is 2.04. The van der Waals surface area contributed by atoms with Gasteiger partial charge in [0.25, 0.3) is 0 Å². The fourth-order valence-corrected chi connectivity index (χ4v) is 3.77. The van der Waals surface area contributed by atoms with Gasteiger partial charge in [-0.2, -0.15) is 0 Å². The first kappa shape index (κ1) is 13.3. The molecule has 1 N–H and O–H groups in total. The van der Waals surface area contributed by atoms with Gasteiger partial charge in [0.1, 0.15) is 17.0 Å². The van der Waals surface area contributed by atoms with E-state index in [1.807, 2.05) is 0 Å². The molecule has 1 aliphatic heterocycles. The topological polar surface area (TPSA) is 58.1 Å². The minimum atomic E-state index is 0.0602. The van der Waals surface area contributed by atoms with E-state index in [4.69, 9.17) is 0 Å². The van der Waals surface area contributed by atoms with Crippen LogP contribution in [-0.2, 0) is 4.79 Å². The van der Waals surface area contributed by atoms with Crippen LogP contribution in [0.2, 0.25) is 0 Å². The summed E-state index contributed by atoms with van der Waals surface area (Å²) >= 11 is 1.71. The monoisotopic (exact) mass is 290 g/mol. The number of rotatable bonds is 2. The molecule has 1 amide bonds. The van der Waals surface area contributed by atoms with E-state index in [0.29, 0.717) is 0 Å². The summed E-state index contributed by atoms with van der Waals surface area (Å²) < 4.78 is 0. The molecule has 5 nitrogen and oxygen atoms in total. The standard InChI is InChI=1S/C14H18N4OS/c1-8-9(2)20-14-11(8)12(16-7-17-14)18-5-4-10(6-18)13(19)15-3/h7,10H,4-6H2,1-3H3,(H,15,19). The van der Waals surface area contributed by atoms with Gasteiger partial charge in [-0.1, -0.05) is 0 Å². The van der Waals surface area contributed by atoms with E-state index in [2.05, 4.69) is 34.0 Å². The fourth-order valence-electron chi connectivity index (χ4n) is 2.77. The van der Waals surface area contributed by atoms with Gasteiger partial charge in [-0.05, 0) is 25.8 Å². The largest absolute Gasteiger partial charge is 0.359 e. The van der Waals surface area contributed by atoms with Crippen molar-refractivity contribution in [1.82, 2.24) is 15.3 Å². The molecule has 1 unspecified atom stereocenters. The van der Waals surface area contributed by atoms with Crippen molar-refractivity contribution in [1.29, 1.82) is 0 Å². The third-order valence-corrected chi connectivity index (χ3v) is 5.17. The number of carbonyl (C=O) groups is 1. The first-order chi connectivity index (χ1) is 9.61. The van der Waals surface area contributed by atoms with Crippen LogP contribution in [0, 0.1) is 19.8 Å². The maximum Gasteiger partial charge on any atom is 0.224 e. The van der Waals surface area contributed by atoms with Gasteiger partial charge < -0.3 is 10.2 Å². The van der Waals surface area contributed by atoms with E-state index in [9.17, 15) is 4.79 Å². The van der Waals surface area contributed by atoms with Crippen molar-refractivity contribution in [2.75, 3.05) is 25.0 Å². The molecule has 3 heterocycles.